The van der Waals surface area contributed by atoms with E-state index >= 15 is 0 Å². The van der Waals surface area contributed by atoms with Gasteiger partial charge in [0.15, 0.2) is 0 Å². The summed E-state index contributed by atoms with van der Waals surface area (Å²) >= 11 is 0. The lowest BCUT2D eigenvalue weighted by atomic mass is 10.1. The molecular weight excluding hydrogens is 240 g/mol. The standard InChI is InChI=1S/C16H30O3/c1-4-5-12-18-13-10-8-6-7-9-11-14-19-16(17)15(2)3/h2,4-14H2,1,3H3. The lowest BCUT2D eigenvalue weighted by molar-refractivity contribution is -0.139. The Balaban J connectivity index is 3.07. The first-order valence-corrected chi connectivity index (χ1v) is 7.58. The van der Waals surface area contributed by atoms with Gasteiger partial charge < -0.3 is 9.47 Å². The van der Waals surface area contributed by atoms with Crippen LogP contribution in [0.5, 0.6) is 0 Å². The number of ether oxygens (including phenoxy) is 2. The van der Waals surface area contributed by atoms with Crippen LogP contribution in [0.15, 0.2) is 12.2 Å². The molecule has 0 aromatic heterocycles. The van der Waals surface area contributed by atoms with E-state index in [4.69, 9.17) is 9.47 Å². The normalized spacial score (nSPS) is 10.4. The molecule has 0 unspecified atom stereocenters. The zero-order valence-corrected chi connectivity index (χ0v) is 12.7. The smallest absolute Gasteiger partial charge is 0.333 e. The predicted molar refractivity (Wildman–Crippen MR) is 79.2 cm³/mol. The molecule has 112 valence electrons. The highest BCUT2D eigenvalue weighted by atomic mass is 16.5. The Labute approximate surface area is 118 Å². The third-order valence-corrected chi connectivity index (χ3v) is 2.91. The number of hydrogen-bond acceptors (Lipinski definition) is 3. The average Bonchev–Trinajstić information content (AvgIpc) is 2.39. The van der Waals surface area contributed by atoms with Crippen LogP contribution in [0, 0.1) is 0 Å². The number of esters is 1. The summed E-state index contributed by atoms with van der Waals surface area (Å²) in [6.45, 7) is 9.72. The highest BCUT2D eigenvalue weighted by molar-refractivity contribution is 5.86. The highest BCUT2D eigenvalue weighted by Gasteiger charge is 2.01. The van der Waals surface area contributed by atoms with Crippen molar-refractivity contribution in [3.05, 3.63) is 12.2 Å². The van der Waals surface area contributed by atoms with Gasteiger partial charge in [-0.3, -0.25) is 0 Å². The molecule has 0 fully saturated rings. The summed E-state index contributed by atoms with van der Waals surface area (Å²) in [7, 11) is 0. The van der Waals surface area contributed by atoms with Crippen LogP contribution in [0.3, 0.4) is 0 Å². The minimum Gasteiger partial charge on any atom is -0.462 e. The lowest BCUT2D eigenvalue weighted by Gasteiger charge is -2.05. The van der Waals surface area contributed by atoms with Crippen molar-refractivity contribution in [1.82, 2.24) is 0 Å². The fourth-order valence-electron chi connectivity index (χ4n) is 1.65. The van der Waals surface area contributed by atoms with E-state index < -0.39 is 0 Å². The van der Waals surface area contributed by atoms with Gasteiger partial charge in [-0.05, 0) is 26.2 Å². The van der Waals surface area contributed by atoms with Crippen LogP contribution in [0.25, 0.3) is 0 Å². The third-order valence-electron chi connectivity index (χ3n) is 2.91. The summed E-state index contributed by atoms with van der Waals surface area (Å²) in [5, 5.41) is 0. The second-order valence-electron chi connectivity index (χ2n) is 5.00. The summed E-state index contributed by atoms with van der Waals surface area (Å²) in [4.78, 5) is 11.1. The Morgan fingerprint density at radius 2 is 1.42 bits per heavy atom. The van der Waals surface area contributed by atoms with Crippen molar-refractivity contribution in [2.24, 2.45) is 0 Å². The Hall–Kier alpha value is -0.830. The second kappa shape index (κ2) is 13.6. The molecule has 0 rings (SSSR count). The van der Waals surface area contributed by atoms with Gasteiger partial charge in [0, 0.05) is 18.8 Å². The molecular formula is C16H30O3. The Bertz CT molecular complexity index is 236. The molecule has 19 heavy (non-hydrogen) atoms. The first-order chi connectivity index (χ1) is 9.18. The van der Waals surface area contributed by atoms with Gasteiger partial charge in [0.2, 0.25) is 0 Å². The maximum Gasteiger partial charge on any atom is 0.333 e. The number of rotatable bonds is 13. The van der Waals surface area contributed by atoms with Crippen LogP contribution in [-0.2, 0) is 14.3 Å². The molecule has 0 aromatic carbocycles. The summed E-state index contributed by atoms with van der Waals surface area (Å²) < 4.78 is 10.5. The summed E-state index contributed by atoms with van der Waals surface area (Å²) in [5.41, 5.74) is 0.475. The number of carbonyl (C=O) groups excluding carboxylic acids is 1. The van der Waals surface area contributed by atoms with Gasteiger partial charge in [0.1, 0.15) is 0 Å². The molecule has 0 aliphatic heterocycles. The molecule has 0 atom stereocenters. The Morgan fingerprint density at radius 3 is 2.00 bits per heavy atom. The average molecular weight is 270 g/mol. The van der Waals surface area contributed by atoms with Crippen LogP contribution in [0.4, 0.5) is 0 Å². The Kier molecular flexibility index (Phi) is 13.0. The fourth-order valence-corrected chi connectivity index (χ4v) is 1.65. The lowest BCUT2D eigenvalue weighted by Crippen LogP contribution is -2.06. The molecule has 0 aliphatic rings. The van der Waals surface area contributed by atoms with Gasteiger partial charge in [0.05, 0.1) is 6.61 Å². The zero-order valence-electron chi connectivity index (χ0n) is 12.7. The van der Waals surface area contributed by atoms with Crippen molar-refractivity contribution in [3.63, 3.8) is 0 Å². The van der Waals surface area contributed by atoms with Crippen molar-refractivity contribution in [2.75, 3.05) is 19.8 Å². The van der Waals surface area contributed by atoms with Gasteiger partial charge >= 0.3 is 5.97 Å². The quantitative estimate of drug-likeness (QED) is 0.285. The van der Waals surface area contributed by atoms with Gasteiger partial charge in [-0.25, -0.2) is 4.79 Å². The highest BCUT2D eigenvalue weighted by Crippen LogP contribution is 2.06. The van der Waals surface area contributed by atoms with E-state index in [0.717, 1.165) is 32.5 Å². The molecule has 0 saturated carbocycles. The molecule has 0 N–H and O–H groups in total. The van der Waals surface area contributed by atoms with Crippen molar-refractivity contribution in [2.45, 2.75) is 65.2 Å². The Morgan fingerprint density at radius 1 is 0.895 bits per heavy atom. The third kappa shape index (κ3) is 13.4. The summed E-state index contributed by atoms with van der Waals surface area (Å²) in [6, 6.07) is 0. The van der Waals surface area contributed by atoms with E-state index in [-0.39, 0.29) is 5.97 Å². The van der Waals surface area contributed by atoms with E-state index in [2.05, 4.69) is 13.5 Å². The molecule has 0 aliphatic carbocycles. The number of carbonyl (C=O) groups is 1. The minimum atomic E-state index is -0.274. The van der Waals surface area contributed by atoms with Gasteiger partial charge in [-0.15, -0.1) is 0 Å². The van der Waals surface area contributed by atoms with Crippen LogP contribution >= 0.6 is 0 Å². The summed E-state index contributed by atoms with van der Waals surface area (Å²) in [5.74, 6) is -0.274. The van der Waals surface area contributed by atoms with E-state index in [0.29, 0.717) is 12.2 Å². The van der Waals surface area contributed by atoms with Crippen molar-refractivity contribution in [1.29, 1.82) is 0 Å². The molecule has 0 saturated heterocycles. The van der Waals surface area contributed by atoms with Crippen LogP contribution < -0.4 is 0 Å². The van der Waals surface area contributed by atoms with Crippen LogP contribution in [0.1, 0.15) is 65.2 Å². The number of hydrogen-bond donors (Lipinski definition) is 0. The molecule has 0 heterocycles. The molecule has 0 radical (unpaired) electrons. The van der Waals surface area contributed by atoms with E-state index in [1.807, 2.05) is 0 Å². The topological polar surface area (TPSA) is 35.5 Å². The SMILES string of the molecule is C=C(C)C(=O)OCCCCCCCCOCCCC. The van der Waals surface area contributed by atoms with Gasteiger partial charge in [0.25, 0.3) is 0 Å². The van der Waals surface area contributed by atoms with Gasteiger partial charge in [-0.1, -0.05) is 45.6 Å². The molecule has 0 aromatic rings. The predicted octanol–water partition coefficient (Wildman–Crippen LogP) is 4.26. The van der Waals surface area contributed by atoms with Crippen LogP contribution in [-0.4, -0.2) is 25.8 Å². The molecule has 0 bridgehead atoms. The van der Waals surface area contributed by atoms with Crippen molar-refractivity contribution < 1.29 is 14.3 Å². The van der Waals surface area contributed by atoms with Crippen molar-refractivity contribution in [3.8, 4) is 0 Å². The second-order valence-corrected chi connectivity index (χ2v) is 5.00. The zero-order chi connectivity index (χ0) is 14.3. The first-order valence-electron chi connectivity index (χ1n) is 7.58. The molecule has 3 nitrogen and oxygen atoms in total. The van der Waals surface area contributed by atoms with Crippen molar-refractivity contribution >= 4 is 5.97 Å². The van der Waals surface area contributed by atoms with E-state index in [1.165, 1.54) is 32.1 Å². The maximum absolute atomic E-state index is 11.1. The molecule has 3 heteroatoms. The van der Waals surface area contributed by atoms with E-state index in [1.54, 1.807) is 6.92 Å². The molecule has 0 amide bonds. The maximum atomic E-state index is 11.1. The summed E-state index contributed by atoms with van der Waals surface area (Å²) in [6.07, 6.45) is 9.29. The van der Waals surface area contributed by atoms with Crippen LogP contribution in [0.2, 0.25) is 0 Å². The number of unbranched alkanes of at least 4 members (excludes halogenated alkanes) is 6. The monoisotopic (exact) mass is 270 g/mol. The molecule has 0 spiro atoms. The first kappa shape index (κ1) is 18.2. The minimum absolute atomic E-state index is 0.274. The fraction of sp³-hybridized carbons (Fsp3) is 0.812. The van der Waals surface area contributed by atoms with Gasteiger partial charge in [-0.2, -0.15) is 0 Å². The largest absolute Gasteiger partial charge is 0.462 e. The van der Waals surface area contributed by atoms with E-state index in [9.17, 15) is 4.79 Å².